The standard InChI is InChI=1S/C20H20F3N.ClH/c1-24-11-10-17-15-4-2-3-5-16(15)18(12-19(17)24)13-6-8-14(9-7-13)20(21,22)23;/h2-9,17-19H,10-12H2,1H3;1H/t17-,18-,19-;/m1./s1. The molecule has 1 fully saturated rings. The molecule has 0 radical (unpaired) electrons. The maximum Gasteiger partial charge on any atom is 0.416 e. The van der Waals surface area contributed by atoms with E-state index in [1.807, 2.05) is 6.07 Å². The fourth-order valence-electron chi connectivity index (χ4n) is 4.47. The Morgan fingerprint density at radius 1 is 0.960 bits per heavy atom. The molecule has 5 heteroatoms. The van der Waals surface area contributed by atoms with Gasteiger partial charge >= 0.3 is 6.18 Å². The van der Waals surface area contributed by atoms with Crippen molar-refractivity contribution in [1.29, 1.82) is 0 Å². The first kappa shape index (κ1) is 18.3. The highest BCUT2D eigenvalue weighted by Crippen LogP contribution is 2.48. The highest BCUT2D eigenvalue weighted by atomic mass is 35.5. The van der Waals surface area contributed by atoms with Crippen LogP contribution in [0, 0.1) is 0 Å². The first-order valence-corrected chi connectivity index (χ1v) is 8.41. The molecule has 0 saturated carbocycles. The molecule has 4 rings (SSSR count). The number of nitrogens with zero attached hydrogens (tertiary/aromatic N) is 1. The van der Waals surface area contributed by atoms with Crippen molar-refractivity contribution in [2.75, 3.05) is 13.6 Å². The van der Waals surface area contributed by atoms with Gasteiger partial charge in [-0.05, 0) is 55.3 Å². The van der Waals surface area contributed by atoms with Crippen LogP contribution in [0.2, 0.25) is 0 Å². The van der Waals surface area contributed by atoms with Gasteiger partial charge in [0.2, 0.25) is 0 Å². The fourth-order valence-corrected chi connectivity index (χ4v) is 4.47. The van der Waals surface area contributed by atoms with Crippen LogP contribution in [0.5, 0.6) is 0 Å². The van der Waals surface area contributed by atoms with Gasteiger partial charge in [0.05, 0.1) is 5.56 Å². The van der Waals surface area contributed by atoms with E-state index in [2.05, 4.69) is 30.1 Å². The lowest BCUT2D eigenvalue weighted by molar-refractivity contribution is -0.137. The van der Waals surface area contributed by atoms with E-state index in [9.17, 15) is 13.2 Å². The van der Waals surface area contributed by atoms with Crippen molar-refractivity contribution >= 4 is 12.4 Å². The Bertz CT molecular complexity index is 741. The summed E-state index contributed by atoms with van der Waals surface area (Å²) in [6.45, 7) is 1.09. The SMILES string of the molecule is CN1CC[C@@H]2c3ccccc3[C@@H](c3ccc(C(F)(F)F)cc3)C[C@H]21.Cl. The van der Waals surface area contributed by atoms with Crippen molar-refractivity contribution in [2.24, 2.45) is 0 Å². The van der Waals surface area contributed by atoms with Crippen molar-refractivity contribution in [2.45, 2.75) is 36.9 Å². The number of hydrogen-bond acceptors (Lipinski definition) is 1. The Balaban J connectivity index is 0.00000182. The quantitative estimate of drug-likeness (QED) is 0.647. The summed E-state index contributed by atoms with van der Waals surface area (Å²) < 4.78 is 38.5. The fraction of sp³-hybridized carbons (Fsp3) is 0.400. The Morgan fingerprint density at radius 2 is 1.60 bits per heavy atom. The topological polar surface area (TPSA) is 3.24 Å². The van der Waals surface area contributed by atoms with Crippen LogP contribution in [-0.2, 0) is 6.18 Å². The lowest BCUT2D eigenvalue weighted by Crippen LogP contribution is -2.34. The molecule has 3 atom stereocenters. The normalized spacial score (nSPS) is 25.8. The van der Waals surface area contributed by atoms with Gasteiger partial charge < -0.3 is 4.90 Å². The second kappa shape index (κ2) is 6.65. The maximum absolute atomic E-state index is 12.8. The predicted octanol–water partition coefficient (Wildman–Crippen LogP) is 5.45. The molecule has 25 heavy (non-hydrogen) atoms. The van der Waals surface area contributed by atoms with Gasteiger partial charge in [-0.25, -0.2) is 0 Å². The van der Waals surface area contributed by atoms with Crippen LogP contribution in [0.25, 0.3) is 0 Å². The van der Waals surface area contributed by atoms with Crippen LogP contribution >= 0.6 is 12.4 Å². The van der Waals surface area contributed by atoms with Gasteiger partial charge in [-0.15, -0.1) is 12.4 Å². The van der Waals surface area contributed by atoms with E-state index in [0.29, 0.717) is 12.0 Å². The molecule has 0 N–H and O–H groups in total. The zero-order valence-corrected chi connectivity index (χ0v) is 14.8. The van der Waals surface area contributed by atoms with Crippen LogP contribution in [0.1, 0.15) is 46.9 Å². The number of rotatable bonds is 1. The zero-order valence-electron chi connectivity index (χ0n) is 14.0. The summed E-state index contributed by atoms with van der Waals surface area (Å²) in [4.78, 5) is 2.40. The van der Waals surface area contributed by atoms with E-state index >= 15 is 0 Å². The van der Waals surface area contributed by atoms with Crippen LogP contribution in [0.4, 0.5) is 13.2 Å². The lowest BCUT2D eigenvalue weighted by atomic mass is 9.71. The molecule has 1 heterocycles. The third-order valence-electron chi connectivity index (χ3n) is 5.71. The van der Waals surface area contributed by atoms with Crippen molar-refractivity contribution in [3.63, 3.8) is 0 Å². The summed E-state index contributed by atoms with van der Waals surface area (Å²) in [5, 5.41) is 0. The molecule has 0 spiro atoms. The average molecular weight is 368 g/mol. The summed E-state index contributed by atoms with van der Waals surface area (Å²) in [5.74, 6) is 0.724. The van der Waals surface area contributed by atoms with Gasteiger partial charge in [-0.3, -0.25) is 0 Å². The van der Waals surface area contributed by atoms with E-state index in [1.165, 1.54) is 23.3 Å². The number of likely N-dealkylation sites (N-methyl/N-ethyl adjacent to an activating group) is 1. The molecule has 134 valence electrons. The average Bonchev–Trinajstić information content (AvgIpc) is 2.95. The van der Waals surface area contributed by atoms with Crippen LogP contribution in [0.15, 0.2) is 48.5 Å². The Kier molecular flexibility index (Phi) is 4.86. The van der Waals surface area contributed by atoms with E-state index in [4.69, 9.17) is 0 Å². The molecule has 0 unspecified atom stereocenters. The molecule has 1 aliphatic carbocycles. The van der Waals surface area contributed by atoms with Crippen LogP contribution in [0.3, 0.4) is 0 Å². The molecule has 0 amide bonds. The summed E-state index contributed by atoms with van der Waals surface area (Å²) in [5.41, 5.74) is 3.07. The third-order valence-corrected chi connectivity index (χ3v) is 5.71. The van der Waals surface area contributed by atoms with Crippen LogP contribution in [-0.4, -0.2) is 24.5 Å². The summed E-state index contributed by atoms with van der Waals surface area (Å²) >= 11 is 0. The van der Waals surface area contributed by atoms with Crippen molar-refractivity contribution in [3.8, 4) is 0 Å². The highest BCUT2D eigenvalue weighted by Gasteiger charge is 2.41. The van der Waals surface area contributed by atoms with Gasteiger partial charge in [0.1, 0.15) is 0 Å². The zero-order chi connectivity index (χ0) is 16.9. The largest absolute Gasteiger partial charge is 0.416 e. The minimum absolute atomic E-state index is 0. The van der Waals surface area contributed by atoms with Gasteiger partial charge in [-0.1, -0.05) is 36.4 Å². The molecule has 0 aromatic heterocycles. The minimum atomic E-state index is -4.28. The van der Waals surface area contributed by atoms with Gasteiger partial charge in [-0.2, -0.15) is 13.2 Å². The van der Waals surface area contributed by atoms with E-state index < -0.39 is 11.7 Å². The highest BCUT2D eigenvalue weighted by molar-refractivity contribution is 5.85. The molecule has 2 aliphatic rings. The molecule has 2 aromatic rings. The van der Waals surface area contributed by atoms with Gasteiger partial charge in [0, 0.05) is 17.9 Å². The van der Waals surface area contributed by atoms with Crippen molar-refractivity contribution in [1.82, 2.24) is 4.90 Å². The monoisotopic (exact) mass is 367 g/mol. The molecular weight excluding hydrogens is 347 g/mol. The van der Waals surface area contributed by atoms with Crippen molar-refractivity contribution in [3.05, 3.63) is 70.8 Å². The first-order valence-electron chi connectivity index (χ1n) is 8.41. The molecule has 1 aliphatic heterocycles. The lowest BCUT2D eigenvalue weighted by Gasteiger charge is -2.37. The molecule has 1 nitrogen and oxygen atoms in total. The number of alkyl halides is 3. The maximum atomic E-state index is 12.8. The van der Waals surface area contributed by atoms with E-state index in [0.717, 1.165) is 24.9 Å². The smallest absolute Gasteiger partial charge is 0.303 e. The van der Waals surface area contributed by atoms with Crippen LogP contribution < -0.4 is 0 Å². The predicted molar refractivity (Wildman–Crippen MR) is 95.4 cm³/mol. The van der Waals surface area contributed by atoms with E-state index in [1.54, 1.807) is 12.1 Å². The Labute approximate surface area is 152 Å². The van der Waals surface area contributed by atoms with E-state index in [-0.39, 0.29) is 18.3 Å². The molecular formula is C20H21ClF3N. The first-order chi connectivity index (χ1) is 11.4. The van der Waals surface area contributed by atoms with Gasteiger partial charge in [0.25, 0.3) is 0 Å². The molecule has 0 bridgehead atoms. The molecule has 1 saturated heterocycles. The summed E-state index contributed by atoms with van der Waals surface area (Å²) in [6, 6.07) is 14.7. The third kappa shape index (κ3) is 3.18. The minimum Gasteiger partial charge on any atom is -0.303 e. The number of likely N-dealkylation sites (tertiary alicyclic amines) is 1. The second-order valence-corrected chi connectivity index (χ2v) is 6.98. The number of halogens is 4. The number of benzene rings is 2. The summed E-state index contributed by atoms with van der Waals surface area (Å²) in [6.07, 6.45) is -2.14. The Morgan fingerprint density at radius 3 is 2.24 bits per heavy atom. The second-order valence-electron chi connectivity index (χ2n) is 6.98. The number of hydrogen-bond donors (Lipinski definition) is 0. The Hall–Kier alpha value is -1.52. The van der Waals surface area contributed by atoms with Gasteiger partial charge in [0.15, 0.2) is 0 Å². The summed E-state index contributed by atoms with van der Waals surface area (Å²) in [7, 11) is 2.16. The number of fused-ring (bicyclic) bond motifs is 3. The molecule has 2 aromatic carbocycles. The van der Waals surface area contributed by atoms with Crippen molar-refractivity contribution < 1.29 is 13.2 Å².